The molecular weight excluding hydrogens is 292 g/mol. The molecule has 6 heteroatoms. The number of hydroxylamine groups is 2. The Labute approximate surface area is 130 Å². The van der Waals surface area contributed by atoms with Gasteiger partial charge < -0.3 is 9.94 Å². The van der Waals surface area contributed by atoms with E-state index in [2.05, 4.69) is 4.98 Å². The molecular formula is C15H23ClN2O3. The van der Waals surface area contributed by atoms with E-state index >= 15 is 0 Å². The third-order valence-electron chi connectivity index (χ3n) is 3.35. The molecule has 0 saturated heterocycles. The van der Waals surface area contributed by atoms with Gasteiger partial charge in [-0.2, -0.15) is 0 Å². The summed E-state index contributed by atoms with van der Waals surface area (Å²) in [7, 11) is 0. The van der Waals surface area contributed by atoms with E-state index in [-0.39, 0.29) is 5.88 Å². The monoisotopic (exact) mass is 314 g/mol. The van der Waals surface area contributed by atoms with Gasteiger partial charge >= 0.3 is 6.09 Å². The number of hydrogen-bond acceptors (Lipinski definition) is 3. The molecule has 0 fully saturated rings. The quantitative estimate of drug-likeness (QED) is 0.815. The molecule has 1 amide bonds. The first-order valence-corrected chi connectivity index (χ1v) is 7.27. The van der Waals surface area contributed by atoms with Gasteiger partial charge in [-0.1, -0.05) is 25.4 Å². The van der Waals surface area contributed by atoms with E-state index in [9.17, 15) is 9.90 Å². The van der Waals surface area contributed by atoms with E-state index in [1.165, 1.54) is 6.20 Å². The van der Waals surface area contributed by atoms with Crippen molar-refractivity contribution in [3.8, 4) is 5.88 Å². The van der Waals surface area contributed by atoms with Gasteiger partial charge in [0.05, 0.1) is 10.6 Å². The molecule has 1 N–H and O–H groups in total. The molecule has 1 rings (SSSR count). The fourth-order valence-electron chi connectivity index (χ4n) is 2.33. The van der Waals surface area contributed by atoms with E-state index < -0.39 is 11.6 Å². The average Bonchev–Trinajstić information content (AvgIpc) is 2.32. The number of nitrogens with zero attached hydrogens (tertiary/aromatic N) is 2. The number of halogens is 1. The third-order valence-corrected chi connectivity index (χ3v) is 3.73. The normalized spacial score (nSPS) is 11.6. The van der Waals surface area contributed by atoms with Gasteiger partial charge in [-0.3, -0.25) is 0 Å². The van der Waals surface area contributed by atoms with Crippen LogP contribution in [0.25, 0.3) is 0 Å². The minimum atomic E-state index is -1.14. The lowest BCUT2D eigenvalue weighted by atomic mass is 9.92. The van der Waals surface area contributed by atoms with Crippen LogP contribution in [0.15, 0.2) is 6.20 Å². The number of carboxylic acid groups (broad SMARTS) is 1. The van der Waals surface area contributed by atoms with E-state index in [0.717, 1.165) is 16.2 Å². The average molecular weight is 315 g/mol. The molecule has 1 heterocycles. The maximum absolute atomic E-state index is 11.5. The fraction of sp³-hybridized carbons (Fsp3) is 0.600. The number of rotatable bonds is 5. The summed E-state index contributed by atoms with van der Waals surface area (Å²) in [6.45, 7) is 11.4. The van der Waals surface area contributed by atoms with E-state index in [0.29, 0.717) is 17.4 Å². The number of hydrogen-bond donors (Lipinski definition) is 1. The van der Waals surface area contributed by atoms with Crippen molar-refractivity contribution in [1.29, 1.82) is 0 Å². The second-order valence-electron chi connectivity index (χ2n) is 6.24. The number of pyridine rings is 1. The lowest BCUT2D eigenvalue weighted by Crippen LogP contribution is -2.50. The van der Waals surface area contributed by atoms with Crippen molar-refractivity contribution in [1.82, 2.24) is 10.0 Å². The Balaban J connectivity index is 3.10. The van der Waals surface area contributed by atoms with Crippen molar-refractivity contribution >= 4 is 17.7 Å². The molecule has 0 atom stereocenters. The van der Waals surface area contributed by atoms with Crippen molar-refractivity contribution in [2.45, 2.75) is 53.5 Å². The first-order chi connectivity index (χ1) is 9.56. The summed E-state index contributed by atoms with van der Waals surface area (Å²) in [5.74, 6) is 0.600. The smallest absolute Gasteiger partial charge is 0.441 e. The predicted molar refractivity (Wildman–Crippen MR) is 82.7 cm³/mol. The summed E-state index contributed by atoms with van der Waals surface area (Å²) in [5, 5.41) is 10.9. The van der Waals surface area contributed by atoms with E-state index in [1.54, 1.807) is 6.92 Å². The molecule has 0 aliphatic carbocycles. The molecule has 0 bridgehead atoms. The molecule has 0 aromatic carbocycles. The Hall–Kier alpha value is -1.49. The predicted octanol–water partition coefficient (Wildman–Crippen LogP) is 4.45. The highest BCUT2D eigenvalue weighted by Crippen LogP contribution is 2.29. The van der Waals surface area contributed by atoms with Gasteiger partial charge in [-0.15, -0.1) is 5.06 Å². The Kier molecular flexibility index (Phi) is 5.45. The van der Waals surface area contributed by atoms with Crippen molar-refractivity contribution in [3.05, 3.63) is 22.3 Å². The summed E-state index contributed by atoms with van der Waals surface area (Å²) in [4.78, 5) is 21.2. The lowest BCUT2D eigenvalue weighted by Gasteiger charge is -2.36. The van der Waals surface area contributed by atoms with Crippen LogP contribution in [0.2, 0.25) is 5.02 Å². The van der Waals surface area contributed by atoms with Gasteiger partial charge in [-0.25, -0.2) is 9.78 Å². The van der Waals surface area contributed by atoms with Crippen LogP contribution in [-0.4, -0.2) is 26.8 Å². The number of aromatic nitrogens is 1. The Morgan fingerprint density at radius 1 is 1.43 bits per heavy atom. The summed E-state index contributed by atoms with van der Waals surface area (Å²) in [5.41, 5.74) is 0.893. The Bertz CT molecular complexity index is 530. The molecule has 0 saturated carbocycles. The van der Waals surface area contributed by atoms with Crippen LogP contribution in [0.1, 0.15) is 45.2 Å². The zero-order chi connectivity index (χ0) is 16.4. The highest BCUT2D eigenvalue weighted by Gasteiger charge is 2.35. The van der Waals surface area contributed by atoms with Crippen molar-refractivity contribution < 1.29 is 14.7 Å². The molecule has 5 nitrogen and oxygen atoms in total. The van der Waals surface area contributed by atoms with Crippen LogP contribution in [0.5, 0.6) is 5.88 Å². The molecule has 1 aromatic rings. The summed E-state index contributed by atoms with van der Waals surface area (Å²) in [6.07, 6.45) is 0.994. The Morgan fingerprint density at radius 2 is 2.00 bits per heavy atom. The number of carbonyl (C=O) groups is 1. The van der Waals surface area contributed by atoms with Crippen molar-refractivity contribution in [2.75, 3.05) is 0 Å². The summed E-state index contributed by atoms with van der Waals surface area (Å²) >= 11 is 6.00. The number of amides is 1. The third kappa shape index (κ3) is 4.24. The standard InChI is InChI=1S/C15H23ClN2O3/c1-9(2)7-15(5,6)18(14(19)20)21-13-11(4)10(3)12(16)8-17-13/h8-9H,7H2,1-6H3,(H,19,20). The fourth-order valence-corrected chi connectivity index (χ4v) is 2.52. The minimum absolute atomic E-state index is 0.260. The molecule has 0 radical (unpaired) electrons. The van der Waals surface area contributed by atoms with Crippen LogP contribution in [0.3, 0.4) is 0 Å². The highest BCUT2D eigenvalue weighted by atomic mass is 35.5. The summed E-state index contributed by atoms with van der Waals surface area (Å²) in [6, 6.07) is 0. The van der Waals surface area contributed by atoms with Gasteiger partial charge in [0.2, 0.25) is 5.88 Å². The molecule has 0 unspecified atom stereocenters. The second kappa shape index (κ2) is 6.52. The molecule has 0 aliphatic rings. The minimum Gasteiger partial charge on any atom is -0.463 e. The molecule has 118 valence electrons. The van der Waals surface area contributed by atoms with Gasteiger partial charge in [0, 0.05) is 11.8 Å². The van der Waals surface area contributed by atoms with Crippen LogP contribution in [0.4, 0.5) is 4.79 Å². The summed E-state index contributed by atoms with van der Waals surface area (Å²) < 4.78 is 0. The molecule has 1 aromatic heterocycles. The van der Waals surface area contributed by atoms with E-state index in [1.807, 2.05) is 34.6 Å². The van der Waals surface area contributed by atoms with Crippen molar-refractivity contribution in [3.63, 3.8) is 0 Å². The zero-order valence-electron chi connectivity index (χ0n) is 13.4. The van der Waals surface area contributed by atoms with Gasteiger partial charge in [-0.05, 0) is 45.6 Å². The van der Waals surface area contributed by atoms with Gasteiger partial charge in [0.1, 0.15) is 0 Å². The zero-order valence-corrected chi connectivity index (χ0v) is 14.2. The van der Waals surface area contributed by atoms with Crippen LogP contribution >= 0.6 is 11.6 Å². The van der Waals surface area contributed by atoms with E-state index in [4.69, 9.17) is 16.4 Å². The first-order valence-electron chi connectivity index (χ1n) is 6.89. The largest absolute Gasteiger partial charge is 0.463 e. The molecule has 0 spiro atoms. The topological polar surface area (TPSA) is 62.7 Å². The van der Waals surface area contributed by atoms with Crippen LogP contribution in [-0.2, 0) is 0 Å². The van der Waals surface area contributed by atoms with Crippen LogP contribution in [0, 0.1) is 19.8 Å². The van der Waals surface area contributed by atoms with Gasteiger partial charge in [0.25, 0.3) is 0 Å². The maximum atomic E-state index is 11.5. The SMILES string of the molecule is Cc1c(Cl)cnc(ON(C(=O)O)C(C)(C)CC(C)C)c1C. The first kappa shape index (κ1) is 17.6. The van der Waals surface area contributed by atoms with Crippen molar-refractivity contribution in [2.24, 2.45) is 5.92 Å². The molecule has 0 aliphatic heterocycles. The lowest BCUT2D eigenvalue weighted by molar-refractivity contribution is -0.112. The van der Waals surface area contributed by atoms with Crippen LogP contribution < -0.4 is 4.84 Å². The second-order valence-corrected chi connectivity index (χ2v) is 6.65. The molecule has 21 heavy (non-hydrogen) atoms. The Morgan fingerprint density at radius 3 is 2.48 bits per heavy atom. The maximum Gasteiger partial charge on any atom is 0.441 e. The van der Waals surface area contributed by atoms with Gasteiger partial charge in [0.15, 0.2) is 0 Å². The highest BCUT2D eigenvalue weighted by molar-refractivity contribution is 6.31.